The molecular weight excluding hydrogens is 305 g/mol. The molecule has 20 heavy (non-hydrogen) atoms. The van der Waals surface area contributed by atoms with E-state index in [1.165, 1.54) is 0 Å². The third-order valence-corrected chi connectivity index (χ3v) is 4.89. The molecule has 112 valence electrons. The van der Waals surface area contributed by atoms with E-state index in [-0.39, 0.29) is 22.9 Å². The van der Waals surface area contributed by atoms with Gasteiger partial charge in [-0.25, -0.2) is 12.8 Å². The van der Waals surface area contributed by atoms with Crippen LogP contribution >= 0.6 is 11.6 Å². The highest BCUT2D eigenvalue weighted by molar-refractivity contribution is 7.90. The van der Waals surface area contributed by atoms with Gasteiger partial charge >= 0.3 is 0 Å². The molecule has 2 atom stereocenters. The van der Waals surface area contributed by atoms with E-state index in [0.29, 0.717) is 0 Å². The molecule has 2 rings (SSSR count). The second kappa shape index (κ2) is 5.87. The second-order valence-corrected chi connectivity index (χ2v) is 7.36. The van der Waals surface area contributed by atoms with Crippen LogP contribution in [-0.4, -0.2) is 33.9 Å². The largest absolute Gasteiger partial charge is 0.487 e. The van der Waals surface area contributed by atoms with Crippen molar-refractivity contribution in [3.05, 3.63) is 23.0 Å². The maximum Gasteiger partial charge on any atom is 0.178 e. The number of sulfone groups is 1. The number of nitrogens with one attached hydrogen (secondary N) is 1. The number of benzene rings is 1. The summed E-state index contributed by atoms with van der Waals surface area (Å²) in [5.74, 6) is -0.658. The Morgan fingerprint density at radius 3 is 2.70 bits per heavy atom. The van der Waals surface area contributed by atoms with Crippen molar-refractivity contribution in [1.29, 1.82) is 0 Å². The van der Waals surface area contributed by atoms with Gasteiger partial charge in [0, 0.05) is 18.4 Å². The highest BCUT2D eigenvalue weighted by Crippen LogP contribution is 2.33. The predicted octanol–water partition coefficient (Wildman–Crippen LogP) is 2.40. The van der Waals surface area contributed by atoms with Crippen LogP contribution in [0.2, 0.25) is 5.02 Å². The first-order valence-corrected chi connectivity index (χ1v) is 8.63. The Bertz CT molecular complexity index is 606. The van der Waals surface area contributed by atoms with Gasteiger partial charge in [0.05, 0.1) is 5.02 Å². The highest BCUT2D eigenvalue weighted by Gasteiger charge is 2.29. The van der Waals surface area contributed by atoms with Crippen LogP contribution in [0.15, 0.2) is 17.0 Å². The second-order valence-electron chi connectivity index (χ2n) is 4.97. The molecule has 0 amide bonds. The first kappa shape index (κ1) is 15.5. The summed E-state index contributed by atoms with van der Waals surface area (Å²) in [6.45, 7) is 0. The standard InChI is InChI=1S/C13H17ClFNO3S/c1-16-10-4-3-5-11(10)19-12-7-9(15)13(6-8(12)14)20(2,17)18/h6-7,10-11,16H,3-5H2,1-2H3/t10-,11-/m0/s1. The molecule has 0 saturated heterocycles. The van der Waals surface area contributed by atoms with Gasteiger partial charge in [-0.2, -0.15) is 0 Å². The molecule has 0 radical (unpaired) electrons. The SMILES string of the molecule is CN[C@H]1CCC[C@@H]1Oc1cc(F)c(S(C)(=O)=O)cc1Cl. The minimum absolute atomic E-state index is 0.0824. The van der Waals surface area contributed by atoms with Gasteiger partial charge in [-0.05, 0) is 32.4 Å². The van der Waals surface area contributed by atoms with E-state index in [9.17, 15) is 12.8 Å². The molecule has 4 nitrogen and oxygen atoms in total. The van der Waals surface area contributed by atoms with Crippen molar-refractivity contribution in [2.45, 2.75) is 36.3 Å². The lowest BCUT2D eigenvalue weighted by molar-refractivity contribution is 0.178. The van der Waals surface area contributed by atoms with Gasteiger partial charge in [0.15, 0.2) is 9.84 Å². The van der Waals surface area contributed by atoms with E-state index in [0.717, 1.165) is 37.7 Å². The third-order valence-electron chi connectivity index (χ3n) is 3.49. The lowest BCUT2D eigenvalue weighted by atomic mass is 10.2. The summed E-state index contributed by atoms with van der Waals surface area (Å²) in [6.07, 6.45) is 3.73. The fourth-order valence-electron chi connectivity index (χ4n) is 2.45. The molecule has 1 fully saturated rings. The van der Waals surface area contributed by atoms with Crippen molar-refractivity contribution in [3.63, 3.8) is 0 Å². The molecule has 0 unspecified atom stereocenters. The topological polar surface area (TPSA) is 55.4 Å². The van der Waals surface area contributed by atoms with E-state index in [1.807, 2.05) is 7.05 Å². The molecular formula is C13H17ClFNO3S. The smallest absolute Gasteiger partial charge is 0.178 e. The molecule has 7 heteroatoms. The number of ether oxygens (including phenoxy) is 1. The first-order chi connectivity index (χ1) is 9.32. The molecule has 0 spiro atoms. The zero-order valence-electron chi connectivity index (χ0n) is 11.3. The van der Waals surface area contributed by atoms with E-state index in [1.54, 1.807) is 0 Å². The summed E-state index contributed by atoms with van der Waals surface area (Å²) in [5.41, 5.74) is 0. The van der Waals surface area contributed by atoms with Crippen molar-refractivity contribution < 1.29 is 17.5 Å². The van der Waals surface area contributed by atoms with Crippen LogP contribution < -0.4 is 10.1 Å². The summed E-state index contributed by atoms with van der Waals surface area (Å²) in [4.78, 5) is -0.411. The molecule has 0 heterocycles. The van der Waals surface area contributed by atoms with Crippen LogP contribution in [0.4, 0.5) is 4.39 Å². The number of rotatable bonds is 4. The molecule has 0 bridgehead atoms. The van der Waals surface area contributed by atoms with Crippen LogP contribution in [-0.2, 0) is 9.84 Å². The molecule has 1 aliphatic carbocycles. The monoisotopic (exact) mass is 321 g/mol. The molecule has 0 aliphatic heterocycles. The Morgan fingerprint density at radius 1 is 1.40 bits per heavy atom. The van der Waals surface area contributed by atoms with Crippen LogP contribution in [0.25, 0.3) is 0 Å². The summed E-state index contributed by atoms with van der Waals surface area (Å²) in [7, 11) is -1.79. The maximum absolute atomic E-state index is 13.8. The van der Waals surface area contributed by atoms with Crippen LogP contribution in [0, 0.1) is 5.82 Å². The zero-order chi connectivity index (χ0) is 14.9. The minimum Gasteiger partial charge on any atom is -0.487 e. The van der Waals surface area contributed by atoms with Gasteiger partial charge in [0.2, 0.25) is 0 Å². The molecule has 1 aromatic carbocycles. The molecule has 1 aromatic rings. The van der Waals surface area contributed by atoms with Crippen molar-refractivity contribution in [2.75, 3.05) is 13.3 Å². The predicted molar refractivity (Wildman–Crippen MR) is 75.6 cm³/mol. The third kappa shape index (κ3) is 3.24. The number of hydrogen-bond donors (Lipinski definition) is 1. The van der Waals surface area contributed by atoms with Crippen molar-refractivity contribution >= 4 is 21.4 Å². The minimum atomic E-state index is -3.64. The van der Waals surface area contributed by atoms with E-state index < -0.39 is 20.5 Å². The summed E-state index contributed by atoms with van der Waals surface area (Å²) < 4.78 is 42.4. The van der Waals surface area contributed by atoms with Gasteiger partial charge in [0.25, 0.3) is 0 Å². The van der Waals surface area contributed by atoms with Gasteiger partial charge in [-0.3, -0.25) is 0 Å². The zero-order valence-corrected chi connectivity index (χ0v) is 12.9. The van der Waals surface area contributed by atoms with Gasteiger partial charge in [-0.15, -0.1) is 0 Å². The van der Waals surface area contributed by atoms with E-state index in [2.05, 4.69) is 5.32 Å². The van der Waals surface area contributed by atoms with Crippen LogP contribution in [0.1, 0.15) is 19.3 Å². The average molecular weight is 322 g/mol. The maximum atomic E-state index is 13.8. The molecule has 1 N–H and O–H groups in total. The number of halogens is 2. The molecule has 1 aliphatic rings. The average Bonchev–Trinajstić information content (AvgIpc) is 2.79. The quantitative estimate of drug-likeness (QED) is 0.925. The molecule has 0 aromatic heterocycles. The van der Waals surface area contributed by atoms with Crippen molar-refractivity contribution in [1.82, 2.24) is 5.32 Å². The Balaban J connectivity index is 2.28. The Labute approximate surface area is 123 Å². The lowest BCUT2D eigenvalue weighted by Gasteiger charge is -2.21. The fourth-order valence-corrected chi connectivity index (χ4v) is 3.46. The van der Waals surface area contributed by atoms with Gasteiger partial charge in [-0.1, -0.05) is 11.6 Å². The first-order valence-electron chi connectivity index (χ1n) is 6.36. The summed E-state index contributed by atoms with van der Waals surface area (Å²) in [6, 6.07) is 2.35. The summed E-state index contributed by atoms with van der Waals surface area (Å²) >= 11 is 6.00. The van der Waals surface area contributed by atoms with E-state index >= 15 is 0 Å². The Kier molecular flexibility index (Phi) is 4.56. The number of likely N-dealkylation sites (N-methyl/N-ethyl adjacent to an activating group) is 1. The van der Waals surface area contributed by atoms with Gasteiger partial charge in [0.1, 0.15) is 22.6 Å². The number of hydrogen-bond acceptors (Lipinski definition) is 4. The Hall–Kier alpha value is -0.850. The molecule has 1 saturated carbocycles. The lowest BCUT2D eigenvalue weighted by Crippen LogP contribution is -2.36. The van der Waals surface area contributed by atoms with Gasteiger partial charge < -0.3 is 10.1 Å². The summed E-state index contributed by atoms with van der Waals surface area (Å²) in [5, 5.41) is 3.25. The normalized spacial score (nSPS) is 23.0. The highest BCUT2D eigenvalue weighted by atomic mass is 35.5. The Morgan fingerprint density at radius 2 is 2.10 bits per heavy atom. The van der Waals surface area contributed by atoms with Crippen molar-refractivity contribution in [2.24, 2.45) is 0 Å². The van der Waals surface area contributed by atoms with E-state index in [4.69, 9.17) is 16.3 Å². The van der Waals surface area contributed by atoms with Crippen LogP contribution in [0.5, 0.6) is 5.75 Å². The fraction of sp³-hybridized carbons (Fsp3) is 0.538. The van der Waals surface area contributed by atoms with Crippen molar-refractivity contribution in [3.8, 4) is 5.75 Å². The van der Waals surface area contributed by atoms with Crippen LogP contribution in [0.3, 0.4) is 0 Å².